The normalized spacial score (nSPS) is 23.7. The maximum absolute atomic E-state index is 12.7. The second-order valence-electron chi connectivity index (χ2n) is 11.9. The van der Waals surface area contributed by atoms with Gasteiger partial charge >= 0.3 is 6.01 Å². The topological polar surface area (TPSA) is 61.8 Å². The lowest BCUT2D eigenvalue weighted by molar-refractivity contribution is -0.120. The summed E-state index contributed by atoms with van der Waals surface area (Å²) < 4.78 is 5.52. The highest BCUT2D eigenvalue weighted by Crippen LogP contribution is 2.59. The molecule has 0 radical (unpaired) electrons. The molecule has 2 saturated heterocycles. The van der Waals surface area contributed by atoms with Crippen LogP contribution in [-0.4, -0.2) is 67.5 Å². The molecule has 0 bridgehead atoms. The summed E-state index contributed by atoms with van der Waals surface area (Å²) in [6.07, 6.45) is 9.14. The number of hydrogen-bond donors (Lipinski definition) is 0. The van der Waals surface area contributed by atoms with Gasteiger partial charge in [-0.05, 0) is 88.7 Å². The molecule has 4 aliphatic rings. The number of allylic oxidation sites excluding steroid dienone is 2. The number of carbonyl (C=O) groups excluding carboxylic acids is 1. The molecule has 0 amide bonds. The smallest absolute Gasteiger partial charge is 0.318 e. The highest BCUT2D eigenvalue weighted by molar-refractivity contribution is 6.36. The first kappa shape index (κ1) is 28.0. The van der Waals surface area contributed by atoms with Gasteiger partial charge in [-0.25, -0.2) is 0 Å². The minimum absolute atomic E-state index is 0.148. The van der Waals surface area contributed by atoms with E-state index in [0.717, 1.165) is 71.9 Å². The molecule has 41 heavy (non-hydrogen) atoms. The van der Waals surface area contributed by atoms with Crippen molar-refractivity contribution in [2.45, 2.75) is 45.6 Å². The highest BCUT2D eigenvalue weighted by atomic mass is 35.5. The van der Waals surface area contributed by atoms with Crippen LogP contribution in [0.15, 0.2) is 48.6 Å². The van der Waals surface area contributed by atoms with Crippen molar-refractivity contribution in [2.75, 3.05) is 56.7 Å². The molecule has 1 saturated carbocycles. The van der Waals surface area contributed by atoms with Gasteiger partial charge in [-0.3, -0.25) is 4.79 Å². The number of methoxy groups -OCH3 is 1. The van der Waals surface area contributed by atoms with Crippen molar-refractivity contribution in [1.82, 2.24) is 14.9 Å². The van der Waals surface area contributed by atoms with Gasteiger partial charge in [0.25, 0.3) is 0 Å². The Labute approximate surface area is 248 Å². The number of rotatable bonds is 5. The second-order valence-corrected chi connectivity index (χ2v) is 12.3. The number of anilines is 2. The first-order chi connectivity index (χ1) is 19.9. The molecule has 3 aromatic rings. The minimum atomic E-state index is -0.148. The van der Waals surface area contributed by atoms with Gasteiger partial charge in [0.15, 0.2) is 5.78 Å². The molecule has 0 spiro atoms. The number of nitrogens with zero attached hydrogens (tertiary/aromatic N) is 5. The Balaban J connectivity index is 0.000000449. The molecule has 4 heterocycles. The Hall–Kier alpha value is -3.16. The largest absolute Gasteiger partial charge is 0.467 e. The molecule has 1 aliphatic carbocycles. The van der Waals surface area contributed by atoms with Gasteiger partial charge in [0.05, 0.1) is 24.4 Å². The van der Waals surface area contributed by atoms with E-state index >= 15 is 0 Å². The molecule has 216 valence electrons. The molecule has 3 fully saturated rings. The average molecular weight is 574 g/mol. The predicted octanol–water partition coefficient (Wildman–Crippen LogP) is 5.93. The van der Waals surface area contributed by atoms with Crippen molar-refractivity contribution in [1.29, 1.82) is 0 Å². The molecular weight excluding hydrogens is 534 g/mol. The first-order valence-corrected chi connectivity index (χ1v) is 15.3. The van der Waals surface area contributed by atoms with Crippen molar-refractivity contribution < 1.29 is 9.53 Å². The van der Waals surface area contributed by atoms with Crippen LogP contribution in [0, 0.1) is 11.3 Å². The van der Waals surface area contributed by atoms with E-state index in [0.29, 0.717) is 18.5 Å². The Bertz CT molecular complexity index is 1460. The van der Waals surface area contributed by atoms with Crippen molar-refractivity contribution in [3.63, 3.8) is 0 Å². The number of ether oxygens (including phenoxy) is 1. The number of carbonyl (C=O) groups is 1. The summed E-state index contributed by atoms with van der Waals surface area (Å²) in [6.45, 7) is 7.77. The molecule has 7 nitrogen and oxygen atoms in total. The predicted molar refractivity (Wildman–Crippen MR) is 166 cm³/mol. The van der Waals surface area contributed by atoms with Gasteiger partial charge in [-0.2, -0.15) is 9.97 Å². The lowest BCUT2D eigenvalue weighted by Crippen LogP contribution is -2.40. The lowest BCUT2D eigenvalue weighted by Gasteiger charge is -2.36. The molecule has 2 aromatic carbocycles. The Kier molecular flexibility index (Phi) is 7.92. The van der Waals surface area contributed by atoms with Crippen LogP contribution in [0.25, 0.3) is 10.8 Å². The third-order valence-electron chi connectivity index (χ3n) is 9.32. The van der Waals surface area contributed by atoms with Crippen LogP contribution < -0.4 is 14.5 Å². The van der Waals surface area contributed by atoms with E-state index in [1.165, 1.54) is 31.5 Å². The number of likely N-dealkylation sites (tertiary alicyclic amines) is 1. The number of benzene rings is 2. The number of ketones is 1. The summed E-state index contributed by atoms with van der Waals surface area (Å²) in [5.41, 5.74) is 3.17. The lowest BCUT2D eigenvalue weighted by atomic mass is 9.90. The maximum Gasteiger partial charge on any atom is 0.318 e. The number of halogens is 1. The average Bonchev–Trinajstić information content (AvgIpc) is 3.56. The zero-order chi connectivity index (χ0) is 28.6. The van der Waals surface area contributed by atoms with Crippen LogP contribution in [0.5, 0.6) is 6.01 Å². The SMILES string of the molecule is C/C=C/C(=O)C12CCN(c3nc(OC)nc4c3CCN(c3cccc5cccc(Cl)c35)C4)CC1C2.CN1CCCC1. The quantitative estimate of drug-likeness (QED) is 0.351. The van der Waals surface area contributed by atoms with E-state index in [2.05, 4.69) is 46.0 Å². The number of aromatic nitrogens is 2. The van der Waals surface area contributed by atoms with Crippen LogP contribution in [-0.2, 0) is 17.8 Å². The number of hydrogen-bond acceptors (Lipinski definition) is 7. The summed E-state index contributed by atoms with van der Waals surface area (Å²) in [5.74, 6) is 1.66. The molecule has 8 heteroatoms. The minimum Gasteiger partial charge on any atom is -0.467 e. The van der Waals surface area contributed by atoms with E-state index < -0.39 is 0 Å². The van der Waals surface area contributed by atoms with Gasteiger partial charge < -0.3 is 19.4 Å². The fourth-order valence-corrected chi connectivity index (χ4v) is 7.19. The van der Waals surface area contributed by atoms with Crippen LogP contribution in [0.1, 0.15) is 43.9 Å². The van der Waals surface area contributed by atoms with E-state index in [9.17, 15) is 4.79 Å². The van der Waals surface area contributed by atoms with Crippen molar-refractivity contribution in [3.05, 3.63) is 64.8 Å². The molecule has 7 rings (SSSR count). The monoisotopic (exact) mass is 573 g/mol. The summed E-state index contributed by atoms with van der Waals surface area (Å²) in [7, 11) is 3.79. The van der Waals surface area contributed by atoms with Gasteiger partial charge in [-0.15, -0.1) is 0 Å². The van der Waals surface area contributed by atoms with E-state index in [4.69, 9.17) is 26.3 Å². The zero-order valence-corrected chi connectivity index (χ0v) is 25.2. The third-order valence-corrected chi connectivity index (χ3v) is 9.63. The van der Waals surface area contributed by atoms with Crippen molar-refractivity contribution >= 4 is 39.7 Å². The third kappa shape index (κ3) is 5.42. The first-order valence-electron chi connectivity index (χ1n) is 14.9. The fourth-order valence-electron chi connectivity index (χ4n) is 6.91. The summed E-state index contributed by atoms with van der Waals surface area (Å²) >= 11 is 6.62. The Morgan fingerprint density at radius 3 is 2.54 bits per heavy atom. The van der Waals surface area contributed by atoms with Crippen LogP contribution in [0.3, 0.4) is 0 Å². The van der Waals surface area contributed by atoms with Crippen LogP contribution in [0.2, 0.25) is 5.02 Å². The molecule has 3 aliphatic heterocycles. The number of fused-ring (bicyclic) bond motifs is 3. The molecule has 1 aromatic heterocycles. The van der Waals surface area contributed by atoms with Gasteiger partial charge in [-0.1, -0.05) is 41.9 Å². The van der Waals surface area contributed by atoms with Gasteiger partial charge in [0, 0.05) is 41.7 Å². The molecule has 2 unspecified atom stereocenters. The zero-order valence-electron chi connectivity index (χ0n) is 24.4. The Morgan fingerprint density at radius 1 is 1.07 bits per heavy atom. The summed E-state index contributed by atoms with van der Waals surface area (Å²) in [6, 6.07) is 12.8. The van der Waals surface area contributed by atoms with E-state index in [1.807, 2.05) is 25.1 Å². The summed E-state index contributed by atoms with van der Waals surface area (Å²) in [4.78, 5) is 29.3. The second kappa shape index (κ2) is 11.6. The number of piperidine rings is 1. The standard InChI is InChI=1S/C28H29ClN4O2.C5H11N/c1-3-6-24(34)28-12-14-33(16-19(28)15-28)26-20-11-13-32(17-22(20)30-27(31-26)35-2)23-10-5-8-18-7-4-9-21(29)25(18)23;1-6-4-2-3-5-6/h3-10,19H,11-17H2,1-2H3;2-5H2,1H3/b6-3+;. The Morgan fingerprint density at radius 2 is 1.85 bits per heavy atom. The van der Waals surface area contributed by atoms with Crippen molar-refractivity contribution in [3.8, 4) is 6.01 Å². The fraction of sp³-hybridized carbons (Fsp3) is 0.485. The van der Waals surface area contributed by atoms with E-state index in [1.54, 1.807) is 13.2 Å². The van der Waals surface area contributed by atoms with Gasteiger partial charge in [0.2, 0.25) is 0 Å². The summed E-state index contributed by atoms with van der Waals surface area (Å²) in [5, 5.41) is 2.97. The highest BCUT2D eigenvalue weighted by Gasteiger charge is 2.60. The molecule has 2 atom stereocenters. The van der Waals surface area contributed by atoms with Crippen molar-refractivity contribution in [2.24, 2.45) is 11.3 Å². The molecule has 0 N–H and O–H groups in total. The molecular formula is C33H40ClN5O2. The van der Waals surface area contributed by atoms with Crippen LogP contribution in [0.4, 0.5) is 11.5 Å². The van der Waals surface area contributed by atoms with Gasteiger partial charge in [0.1, 0.15) is 5.82 Å². The maximum atomic E-state index is 12.7. The van der Waals surface area contributed by atoms with Crippen LogP contribution >= 0.6 is 11.6 Å². The van der Waals surface area contributed by atoms with E-state index in [-0.39, 0.29) is 11.2 Å².